The third-order valence-corrected chi connectivity index (χ3v) is 4.40. The third kappa shape index (κ3) is 2.79. The molecule has 5 nitrogen and oxygen atoms in total. The third-order valence-electron chi connectivity index (χ3n) is 3.69. The molecule has 1 aliphatic heterocycles. The first-order valence-corrected chi connectivity index (χ1v) is 7.53. The number of likely N-dealkylation sites (N-methyl/N-ethyl adjacent to an activating group) is 1. The number of fused-ring (bicyclic) bond motifs is 1. The molecule has 0 saturated heterocycles. The molecule has 0 fully saturated rings. The molecular formula is C15H14Cl2N4O. The van der Waals surface area contributed by atoms with Crippen molar-refractivity contribution in [2.75, 3.05) is 7.05 Å². The van der Waals surface area contributed by atoms with Crippen molar-refractivity contribution in [1.82, 2.24) is 20.2 Å². The zero-order valence-electron chi connectivity index (χ0n) is 11.9. The van der Waals surface area contributed by atoms with Gasteiger partial charge in [0.05, 0.1) is 5.69 Å². The molecule has 0 spiro atoms. The summed E-state index contributed by atoms with van der Waals surface area (Å²) in [6.07, 6.45) is 3.17. The SMILES string of the molecule is CN(Cc1c(Cl)cccc1Cl)C(=O)C1NCc2ncncc21. The quantitative estimate of drug-likeness (QED) is 0.935. The van der Waals surface area contributed by atoms with Gasteiger partial charge in [-0.25, -0.2) is 9.97 Å². The molecule has 2 heterocycles. The van der Waals surface area contributed by atoms with E-state index < -0.39 is 6.04 Å². The average molecular weight is 337 g/mol. The standard InChI is InChI=1S/C15H14Cl2N4O/c1-21(7-10-11(16)3-2-4-12(10)17)15(22)14-9-5-18-8-20-13(9)6-19-14/h2-5,8,14,19H,6-7H2,1H3. The van der Waals surface area contributed by atoms with Crippen LogP contribution in [0.25, 0.3) is 0 Å². The second-order valence-electron chi connectivity index (χ2n) is 5.13. The maximum atomic E-state index is 12.7. The number of carbonyl (C=O) groups excluding carboxylic acids is 1. The predicted molar refractivity (Wildman–Crippen MR) is 84.5 cm³/mol. The minimum atomic E-state index is -0.428. The van der Waals surface area contributed by atoms with Crippen LogP contribution in [0.4, 0.5) is 0 Å². The lowest BCUT2D eigenvalue weighted by Crippen LogP contribution is -2.35. The van der Waals surface area contributed by atoms with Gasteiger partial charge in [0.25, 0.3) is 0 Å². The van der Waals surface area contributed by atoms with E-state index in [2.05, 4.69) is 15.3 Å². The zero-order chi connectivity index (χ0) is 15.7. The molecule has 3 rings (SSSR count). The molecule has 2 aromatic rings. The van der Waals surface area contributed by atoms with Crippen LogP contribution in [0, 0.1) is 0 Å². The largest absolute Gasteiger partial charge is 0.340 e. The minimum absolute atomic E-state index is 0.0652. The molecular weight excluding hydrogens is 323 g/mol. The number of carbonyl (C=O) groups is 1. The van der Waals surface area contributed by atoms with Crippen molar-refractivity contribution in [1.29, 1.82) is 0 Å². The summed E-state index contributed by atoms with van der Waals surface area (Å²) in [5.41, 5.74) is 2.42. The Labute approximate surface area is 138 Å². The molecule has 1 atom stereocenters. The van der Waals surface area contributed by atoms with E-state index in [4.69, 9.17) is 23.2 Å². The van der Waals surface area contributed by atoms with Crippen molar-refractivity contribution in [2.24, 2.45) is 0 Å². The summed E-state index contributed by atoms with van der Waals surface area (Å²) in [5.74, 6) is -0.0652. The van der Waals surface area contributed by atoms with Crippen LogP contribution in [0.2, 0.25) is 10.0 Å². The summed E-state index contributed by atoms with van der Waals surface area (Å²) in [6.45, 7) is 0.910. The molecule has 7 heteroatoms. The Morgan fingerprint density at radius 2 is 2.14 bits per heavy atom. The van der Waals surface area contributed by atoms with Crippen molar-refractivity contribution < 1.29 is 4.79 Å². The van der Waals surface area contributed by atoms with Gasteiger partial charge in [-0.2, -0.15) is 0 Å². The van der Waals surface area contributed by atoms with Crippen LogP contribution in [0.1, 0.15) is 22.9 Å². The lowest BCUT2D eigenvalue weighted by molar-refractivity contribution is -0.132. The van der Waals surface area contributed by atoms with Crippen LogP contribution in [-0.4, -0.2) is 27.8 Å². The van der Waals surface area contributed by atoms with Crippen LogP contribution < -0.4 is 5.32 Å². The van der Waals surface area contributed by atoms with E-state index >= 15 is 0 Å². The first kappa shape index (κ1) is 15.2. The number of hydrogen-bond donors (Lipinski definition) is 1. The highest BCUT2D eigenvalue weighted by Gasteiger charge is 2.31. The van der Waals surface area contributed by atoms with E-state index in [1.54, 1.807) is 36.3 Å². The second-order valence-corrected chi connectivity index (χ2v) is 5.95. The van der Waals surface area contributed by atoms with Gasteiger partial charge in [-0.3, -0.25) is 10.1 Å². The smallest absolute Gasteiger partial charge is 0.244 e. The number of benzene rings is 1. The molecule has 0 saturated carbocycles. The van der Waals surface area contributed by atoms with Crippen molar-refractivity contribution in [2.45, 2.75) is 19.1 Å². The normalized spacial score (nSPS) is 16.4. The Kier molecular flexibility index (Phi) is 4.29. The zero-order valence-corrected chi connectivity index (χ0v) is 13.4. The van der Waals surface area contributed by atoms with Crippen molar-refractivity contribution in [3.8, 4) is 0 Å². The highest BCUT2D eigenvalue weighted by Crippen LogP contribution is 2.28. The number of amides is 1. The molecule has 1 unspecified atom stereocenters. The first-order chi connectivity index (χ1) is 10.6. The summed E-state index contributed by atoms with van der Waals surface area (Å²) < 4.78 is 0. The second kappa shape index (κ2) is 6.20. The van der Waals surface area contributed by atoms with Crippen molar-refractivity contribution >= 4 is 29.1 Å². The Morgan fingerprint density at radius 3 is 2.86 bits per heavy atom. The Morgan fingerprint density at radius 1 is 1.41 bits per heavy atom. The highest BCUT2D eigenvalue weighted by molar-refractivity contribution is 6.36. The highest BCUT2D eigenvalue weighted by atomic mass is 35.5. The number of nitrogens with one attached hydrogen (secondary N) is 1. The van der Waals surface area contributed by atoms with Gasteiger partial charge in [-0.05, 0) is 12.1 Å². The Balaban J connectivity index is 1.79. The molecule has 0 bridgehead atoms. The molecule has 1 N–H and O–H groups in total. The number of halogens is 2. The number of nitrogens with zero attached hydrogens (tertiary/aromatic N) is 3. The fraction of sp³-hybridized carbons (Fsp3) is 0.267. The van der Waals surface area contributed by atoms with Gasteiger partial charge < -0.3 is 4.90 Å². The molecule has 1 aliphatic rings. The van der Waals surface area contributed by atoms with E-state index in [-0.39, 0.29) is 5.91 Å². The van der Waals surface area contributed by atoms with Gasteiger partial charge in [0.15, 0.2) is 0 Å². The molecule has 22 heavy (non-hydrogen) atoms. The Bertz CT molecular complexity index is 702. The van der Waals surface area contributed by atoms with E-state index in [9.17, 15) is 4.79 Å². The van der Waals surface area contributed by atoms with Crippen LogP contribution in [0.15, 0.2) is 30.7 Å². The van der Waals surface area contributed by atoms with E-state index in [0.29, 0.717) is 23.1 Å². The van der Waals surface area contributed by atoms with Gasteiger partial charge in [0.2, 0.25) is 5.91 Å². The van der Waals surface area contributed by atoms with Crippen molar-refractivity contribution in [3.63, 3.8) is 0 Å². The van der Waals surface area contributed by atoms with Gasteiger partial charge >= 0.3 is 0 Å². The summed E-state index contributed by atoms with van der Waals surface area (Å²) in [5, 5.41) is 4.26. The molecule has 114 valence electrons. The fourth-order valence-corrected chi connectivity index (χ4v) is 3.02. The Hall–Kier alpha value is -1.69. The van der Waals surface area contributed by atoms with Gasteiger partial charge in [0, 0.05) is 47.5 Å². The molecule has 0 radical (unpaired) electrons. The number of rotatable bonds is 3. The van der Waals surface area contributed by atoms with Gasteiger partial charge in [-0.15, -0.1) is 0 Å². The average Bonchev–Trinajstić information content (AvgIpc) is 2.94. The van der Waals surface area contributed by atoms with Crippen LogP contribution >= 0.6 is 23.2 Å². The fourth-order valence-electron chi connectivity index (χ4n) is 2.50. The van der Waals surface area contributed by atoms with E-state index in [1.165, 1.54) is 6.33 Å². The lowest BCUT2D eigenvalue weighted by Gasteiger charge is -2.22. The molecule has 1 aromatic heterocycles. The monoisotopic (exact) mass is 336 g/mol. The molecule has 1 aromatic carbocycles. The number of aromatic nitrogens is 2. The summed E-state index contributed by atoms with van der Waals surface area (Å²) in [7, 11) is 1.73. The van der Waals surface area contributed by atoms with Gasteiger partial charge in [-0.1, -0.05) is 29.3 Å². The van der Waals surface area contributed by atoms with Crippen LogP contribution in [0.5, 0.6) is 0 Å². The topological polar surface area (TPSA) is 58.1 Å². The summed E-state index contributed by atoms with van der Waals surface area (Å²) in [4.78, 5) is 22.4. The van der Waals surface area contributed by atoms with E-state index in [0.717, 1.165) is 16.8 Å². The number of hydrogen-bond acceptors (Lipinski definition) is 4. The maximum Gasteiger partial charge on any atom is 0.244 e. The molecule has 0 aliphatic carbocycles. The summed E-state index contributed by atoms with van der Waals surface area (Å²) >= 11 is 12.3. The van der Waals surface area contributed by atoms with Crippen LogP contribution in [0.3, 0.4) is 0 Å². The minimum Gasteiger partial charge on any atom is -0.340 e. The molecule has 1 amide bonds. The van der Waals surface area contributed by atoms with Gasteiger partial charge in [0.1, 0.15) is 12.4 Å². The van der Waals surface area contributed by atoms with E-state index in [1.807, 2.05) is 0 Å². The van der Waals surface area contributed by atoms with Crippen molar-refractivity contribution in [3.05, 3.63) is 57.6 Å². The lowest BCUT2D eigenvalue weighted by atomic mass is 10.1. The predicted octanol–water partition coefficient (Wildman–Crippen LogP) is 2.59. The first-order valence-electron chi connectivity index (χ1n) is 6.78. The van der Waals surface area contributed by atoms with Crippen LogP contribution in [-0.2, 0) is 17.9 Å². The summed E-state index contributed by atoms with van der Waals surface area (Å²) in [6, 6.07) is 4.88. The maximum absolute atomic E-state index is 12.7.